The van der Waals surface area contributed by atoms with Gasteiger partial charge < -0.3 is 24.1 Å². The molecule has 0 saturated heterocycles. The third-order valence-electron chi connectivity index (χ3n) is 6.40. The summed E-state index contributed by atoms with van der Waals surface area (Å²) in [4.78, 5) is 40.7. The van der Waals surface area contributed by atoms with E-state index in [0.29, 0.717) is 11.3 Å². The Morgan fingerprint density at radius 1 is 1.11 bits per heavy atom. The first kappa shape index (κ1) is 25.3. The Hall–Kier alpha value is -3.76. The predicted molar refractivity (Wildman–Crippen MR) is 120 cm³/mol. The summed E-state index contributed by atoms with van der Waals surface area (Å²) in [5.74, 6) is -3.46. The van der Waals surface area contributed by atoms with Gasteiger partial charge in [-0.05, 0) is 30.0 Å². The van der Waals surface area contributed by atoms with Crippen molar-refractivity contribution in [2.45, 2.75) is 44.9 Å². The molecule has 1 unspecified atom stereocenters. The molecule has 2 heterocycles. The lowest BCUT2D eigenvalue weighted by Crippen LogP contribution is -2.66. The zero-order chi connectivity index (χ0) is 26.5. The van der Waals surface area contributed by atoms with Crippen LogP contribution in [0.2, 0.25) is 0 Å². The number of ether oxygens (including phenoxy) is 2. The van der Waals surface area contributed by atoms with Crippen molar-refractivity contribution in [1.82, 2.24) is 10.2 Å². The average molecular weight is 506 g/mol. The van der Waals surface area contributed by atoms with Gasteiger partial charge >= 0.3 is 6.18 Å². The van der Waals surface area contributed by atoms with Gasteiger partial charge in [0.05, 0.1) is 32.6 Å². The first-order valence-corrected chi connectivity index (χ1v) is 11.1. The Labute approximate surface area is 205 Å². The molecular weight excluding hydrogens is 481 g/mol. The molecule has 1 aliphatic carbocycles. The standard InChI is InChI=1S/C25H25F3N2O6/c1-23(2)11-15-19(16(31)12-23)24(25(26,27)28,29-21(32)18-9-6-10-36-18)22(33)30(15)13-14-7-5-8-17(34-3)20(14)35-4/h5-10H,11-13H2,1-4H3,(H,29,32). The number of rotatable bonds is 6. The maximum atomic E-state index is 14.9. The third kappa shape index (κ3) is 3.92. The largest absolute Gasteiger partial charge is 0.493 e. The number of ketones is 1. The highest BCUT2D eigenvalue weighted by Crippen LogP contribution is 2.52. The minimum atomic E-state index is -5.32. The highest BCUT2D eigenvalue weighted by atomic mass is 19.4. The zero-order valence-corrected chi connectivity index (χ0v) is 20.1. The van der Waals surface area contributed by atoms with Gasteiger partial charge in [0.15, 0.2) is 23.0 Å². The van der Waals surface area contributed by atoms with Crippen molar-refractivity contribution in [3.8, 4) is 11.5 Å². The van der Waals surface area contributed by atoms with E-state index >= 15 is 0 Å². The third-order valence-corrected chi connectivity index (χ3v) is 6.40. The Morgan fingerprint density at radius 3 is 2.42 bits per heavy atom. The summed E-state index contributed by atoms with van der Waals surface area (Å²) in [6, 6.07) is 7.29. The number of allylic oxidation sites excluding steroid dienone is 1. The number of furan rings is 1. The number of carbonyl (C=O) groups excluding carboxylic acids is 3. The highest BCUT2D eigenvalue weighted by Gasteiger charge is 2.71. The molecule has 1 atom stereocenters. The molecule has 2 aliphatic rings. The van der Waals surface area contributed by atoms with Gasteiger partial charge in [-0.2, -0.15) is 13.2 Å². The van der Waals surface area contributed by atoms with E-state index in [0.717, 1.165) is 11.2 Å². The van der Waals surface area contributed by atoms with Crippen molar-refractivity contribution in [2.75, 3.05) is 14.2 Å². The molecule has 0 spiro atoms. The molecule has 11 heteroatoms. The van der Waals surface area contributed by atoms with Crippen LogP contribution in [0.4, 0.5) is 13.2 Å². The van der Waals surface area contributed by atoms with E-state index in [9.17, 15) is 27.6 Å². The molecule has 36 heavy (non-hydrogen) atoms. The molecule has 0 bridgehead atoms. The second-order valence-electron chi connectivity index (χ2n) is 9.49. The van der Waals surface area contributed by atoms with E-state index in [2.05, 4.69) is 0 Å². The van der Waals surface area contributed by atoms with Crippen molar-refractivity contribution in [1.29, 1.82) is 0 Å². The Morgan fingerprint density at radius 2 is 1.83 bits per heavy atom. The lowest BCUT2D eigenvalue weighted by molar-refractivity contribution is -0.191. The fraction of sp³-hybridized carbons (Fsp3) is 0.400. The lowest BCUT2D eigenvalue weighted by atomic mass is 9.72. The van der Waals surface area contributed by atoms with E-state index in [1.807, 2.05) is 5.32 Å². The van der Waals surface area contributed by atoms with Crippen molar-refractivity contribution in [3.05, 3.63) is 59.2 Å². The van der Waals surface area contributed by atoms with Crippen LogP contribution < -0.4 is 14.8 Å². The number of carbonyl (C=O) groups is 3. The number of hydrogen-bond donors (Lipinski definition) is 1. The fourth-order valence-corrected chi connectivity index (χ4v) is 4.88. The molecule has 1 aliphatic heterocycles. The fourth-order valence-electron chi connectivity index (χ4n) is 4.88. The maximum absolute atomic E-state index is 14.9. The van der Waals surface area contributed by atoms with Gasteiger partial charge in [0.1, 0.15) is 0 Å². The summed E-state index contributed by atoms with van der Waals surface area (Å²) in [7, 11) is 2.78. The smallest absolute Gasteiger partial charge is 0.425 e. The number of hydrogen-bond acceptors (Lipinski definition) is 6. The van der Waals surface area contributed by atoms with Crippen molar-refractivity contribution >= 4 is 17.6 Å². The normalized spacial score (nSPS) is 21.5. The van der Waals surface area contributed by atoms with E-state index in [4.69, 9.17) is 13.9 Å². The number of alkyl halides is 3. The van der Waals surface area contributed by atoms with Gasteiger partial charge in [-0.1, -0.05) is 26.0 Å². The number of halogens is 3. The quantitative estimate of drug-likeness (QED) is 0.636. The molecule has 0 fully saturated rings. The van der Waals surface area contributed by atoms with Crippen molar-refractivity contribution in [3.63, 3.8) is 0 Å². The molecule has 2 amide bonds. The number of Topliss-reactive ketones (excluding diaryl/α,β-unsaturated/α-hetero) is 1. The predicted octanol–water partition coefficient (Wildman–Crippen LogP) is 4.01. The summed E-state index contributed by atoms with van der Waals surface area (Å²) < 4.78 is 60.2. The second-order valence-corrected chi connectivity index (χ2v) is 9.49. The summed E-state index contributed by atoms with van der Waals surface area (Å²) >= 11 is 0. The first-order valence-electron chi connectivity index (χ1n) is 11.1. The first-order chi connectivity index (χ1) is 16.9. The van der Waals surface area contributed by atoms with E-state index in [1.54, 1.807) is 32.0 Å². The van der Waals surface area contributed by atoms with Gasteiger partial charge in [0.25, 0.3) is 11.8 Å². The lowest BCUT2D eigenvalue weighted by Gasteiger charge is -2.35. The van der Waals surface area contributed by atoms with Crippen LogP contribution in [0, 0.1) is 5.41 Å². The second kappa shape index (κ2) is 8.72. The van der Waals surface area contributed by atoms with Gasteiger partial charge in [0.2, 0.25) is 5.54 Å². The van der Waals surface area contributed by atoms with Gasteiger partial charge in [-0.15, -0.1) is 0 Å². The molecule has 8 nitrogen and oxygen atoms in total. The van der Waals surface area contributed by atoms with Crippen LogP contribution in [-0.4, -0.2) is 48.4 Å². The highest BCUT2D eigenvalue weighted by molar-refractivity contribution is 6.14. The molecule has 4 rings (SSSR count). The van der Waals surface area contributed by atoms with Crippen LogP contribution in [0.1, 0.15) is 42.8 Å². The number of para-hydroxylation sites is 1. The van der Waals surface area contributed by atoms with Crippen LogP contribution in [-0.2, 0) is 16.1 Å². The molecular formula is C25H25F3N2O6. The molecule has 192 valence electrons. The minimum absolute atomic E-state index is 0.0144. The average Bonchev–Trinajstić information content (AvgIpc) is 3.40. The summed E-state index contributed by atoms with van der Waals surface area (Å²) in [6.07, 6.45) is -4.41. The molecule has 1 aromatic carbocycles. The van der Waals surface area contributed by atoms with Crippen LogP contribution >= 0.6 is 0 Å². The molecule has 0 saturated carbocycles. The van der Waals surface area contributed by atoms with Crippen molar-refractivity contribution in [2.24, 2.45) is 5.41 Å². The molecule has 0 radical (unpaired) electrons. The van der Waals surface area contributed by atoms with Gasteiger partial charge in [-0.25, -0.2) is 0 Å². The molecule has 2 aromatic rings. The molecule has 1 aromatic heterocycles. The number of amides is 2. The van der Waals surface area contributed by atoms with Crippen LogP contribution in [0.5, 0.6) is 11.5 Å². The van der Waals surface area contributed by atoms with E-state index in [-0.39, 0.29) is 30.8 Å². The van der Waals surface area contributed by atoms with E-state index in [1.165, 1.54) is 26.4 Å². The summed E-state index contributed by atoms with van der Waals surface area (Å²) in [5, 5.41) is 1.82. The van der Waals surface area contributed by atoms with Gasteiger partial charge in [0, 0.05) is 17.7 Å². The molecule has 1 N–H and O–H groups in total. The minimum Gasteiger partial charge on any atom is -0.493 e. The van der Waals surface area contributed by atoms with E-state index < -0.39 is 46.1 Å². The zero-order valence-electron chi connectivity index (χ0n) is 20.1. The van der Waals surface area contributed by atoms with Gasteiger partial charge in [-0.3, -0.25) is 14.4 Å². The monoisotopic (exact) mass is 506 g/mol. The number of nitrogens with zero attached hydrogens (tertiary/aromatic N) is 1. The SMILES string of the molecule is COc1cccc(CN2C(=O)C(NC(=O)c3ccco3)(C(F)(F)F)C3=C2CC(C)(C)CC3=O)c1OC. The van der Waals surface area contributed by atoms with Crippen LogP contribution in [0.25, 0.3) is 0 Å². The Bertz CT molecular complexity index is 1250. The summed E-state index contributed by atoms with van der Waals surface area (Å²) in [5.41, 5.74) is -4.75. The van der Waals surface area contributed by atoms with Crippen LogP contribution in [0.3, 0.4) is 0 Å². The van der Waals surface area contributed by atoms with Crippen LogP contribution in [0.15, 0.2) is 52.3 Å². The number of benzene rings is 1. The number of nitrogens with one attached hydrogen (secondary N) is 1. The summed E-state index contributed by atoms with van der Waals surface area (Å²) in [6.45, 7) is 3.13. The Balaban J connectivity index is 1.90. The van der Waals surface area contributed by atoms with Crippen molar-refractivity contribution < 1.29 is 41.4 Å². The topological polar surface area (TPSA) is 98.1 Å². The number of methoxy groups -OCH3 is 2. The maximum Gasteiger partial charge on any atom is 0.425 e. The Kier molecular flexibility index (Phi) is 6.14.